The molecule has 0 radical (unpaired) electrons. The largest absolute Gasteiger partial charge is 0.480 e. The van der Waals surface area contributed by atoms with E-state index in [2.05, 4.69) is 45.7 Å². The first-order valence-corrected chi connectivity index (χ1v) is 12.7. The van der Waals surface area contributed by atoms with Crippen LogP contribution in [0.1, 0.15) is 42.7 Å². The standard InChI is InChI=1S/C20H27N3O2.C9H7FO/c24-20(25)19(15-5-9-21-10-6-15)23-11-7-14(8-12-23)17-13-22-18-4-2-1-3-16(17)18;10-9-5-3-8(4-6-9)2-1-7-11/h1-4,13-15,19,21-22H,5-12H2,(H,24,25);1-7H/b;2-1+. The van der Waals surface area contributed by atoms with Crippen molar-refractivity contribution in [3.05, 3.63) is 77.7 Å². The molecule has 1 atom stereocenters. The van der Waals surface area contributed by atoms with Gasteiger partial charge >= 0.3 is 5.97 Å². The summed E-state index contributed by atoms with van der Waals surface area (Å²) in [5.74, 6) is -0.107. The van der Waals surface area contributed by atoms with Crippen molar-refractivity contribution in [1.29, 1.82) is 0 Å². The maximum absolute atomic E-state index is 12.3. The number of nitrogens with one attached hydrogen (secondary N) is 2. The summed E-state index contributed by atoms with van der Waals surface area (Å²) in [4.78, 5) is 27.4. The number of carbonyl (C=O) groups is 2. The molecular formula is C29H34FN3O3. The number of aldehydes is 1. The maximum Gasteiger partial charge on any atom is 0.321 e. The fourth-order valence-electron chi connectivity index (χ4n) is 5.46. The van der Waals surface area contributed by atoms with Gasteiger partial charge in [-0.2, -0.15) is 0 Å². The number of benzene rings is 2. The highest BCUT2D eigenvalue weighted by Gasteiger charge is 2.36. The van der Waals surface area contributed by atoms with Gasteiger partial charge in [0.2, 0.25) is 0 Å². The summed E-state index contributed by atoms with van der Waals surface area (Å²) in [6, 6.07) is 14.0. The summed E-state index contributed by atoms with van der Waals surface area (Å²) in [5, 5.41) is 14.5. The zero-order valence-corrected chi connectivity index (χ0v) is 20.4. The van der Waals surface area contributed by atoms with E-state index in [1.165, 1.54) is 34.7 Å². The van der Waals surface area contributed by atoms with Crippen LogP contribution in [0.5, 0.6) is 0 Å². The molecule has 3 aromatic rings. The normalized spacial score (nSPS) is 18.6. The summed E-state index contributed by atoms with van der Waals surface area (Å²) >= 11 is 0. The molecule has 2 aliphatic rings. The number of para-hydroxylation sites is 1. The van der Waals surface area contributed by atoms with E-state index in [4.69, 9.17) is 0 Å². The van der Waals surface area contributed by atoms with Crippen molar-refractivity contribution in [2.45, 2.75) is 37.6 Å². The van der Waals surface area contributed by atoms with Crippen molar-refractivity contribution in [3.63, 3.8) is 0 Å². The predicted octanol–water partition coefficient (Wildman–Crippen LogP) is 4.84. The summed E-state index contributed by atoms with van der Waals surface area (Å²) in [5.41, 5.74) is 3.40. The first-order chi connectivity index (χ1) is 17.6. The van der Waals surface area contributed by atoms with E-state index in [1.54, 1.807) is 18.2 Å². The van der Waals surface area contributed by atoms with E-state index >= 15 is 0 Å². The monoisotopic (exact) mass is 491 g/mol. The van der Waals surface area contributed by atoms with Crippen molar-refractivity contribution in [1.82, 2.24) is 15.2 Å². The van der Waals surface area contributed by atoms with E-state index in [1.807, 2.05) is 0 Å². The van der Waals surface area contributed by atoms with E-state index in [9.17, 15) is 19.1 Å². The molecule has 5 rings (SSSR count). The summed E-state index contributed by atoms with van der Waals surface area (Å²) < 4.78 is 12.3. The second-order valence-corrected chi connectivity index (χ2v) is 9.52. The Labute approximate surface area is 211 Å². The minimum atomic E-state index is -0.641. The number of aromatic amines is 1. The first-order valence-electron chi connectivity index (χ1n) is 12.7. The lowest BCUT2D eigenvalue weighted by molar-refractivity contribution is -0.146. The molecule has 1 aromatic heterocycles. The van der Waals surface area contributed by atoms with E-state index in [-0.39, 0.29) is 17.8 Å². The van der Waals surface area contributed by atoms with Gasteiger partial charge in [0.15, 0.2) is 0 Å². The fourth-order valence-corrected chi connectivity index (χ4v) is 5.46. The summed E-state index contributed by atoms with van der Waals surface area (Å²) in [7, 11) is 0. The average molecular weight is 492 g/mol. The molecule has 0 aliphatic carbocycles. The zero-order valence-electron chi connectivity index (χ0n) is 20.4. The van der Waals surface area contributed by atoms with Gasteiger partial charge in [-0.25, -0.2) is 4.39 Å². The van der Waals surface area contributed by atoms with E-state index < -0.39 is 5.97 Å². The third kappa shape index (κ3) is 6.47. The Hall–Kier alpha value is -3.29. The van der Waals surface area contributed by atoms with Crippen molar-refractivity contribution >= 4 is 29.2 Å². The smallest absolute Gasteiger partial charge is 0.321 e. The number of fused-ring (bicyclic) bond motifs is 1. The number of aromatic nitrogens is 1. The van der Waals surface area contributed by atoms with Gasteiger partial charge in [-0.3, -0.25) is 14.5 Å². The molecule has 190 valence electrons. The lowest BCUT2D eigenvalue weighted by Gasteiger charge is -2.40. The molecular weight excluding hydrogens is 457 g/mol. The topological polar surface area (TPSA) is 85.4 Å². The maximum atomic E-state index is 12.3. The number of carboxylic acid groups (broad SMARTS) is 1. The molecule has 3 N–H and O–H groups in total. The number of hydrogen-bond donors (Lipinski definition) is 3. The molecule has 2 saturated heterocycles. The van der Waals surface area contributed by atoms with Gasteiger partial charge in [0, 0.05) is 17.1 Å². The van der Waals surface area contributed by atoms with E-state index in [0.29, 0.717) is 12.2 Å². The van der Waals surface area contributed by atoms with Gasteiger partial charge in [-0.1, -0.05) is 36.4 Å². The van der Waals surface area contributed by atoms with Gasteiger partial charge in [0.05, 0.1) is 0 Å². The third-order valence-corrected chi connectivity index (χ3v) is 7.30. The van der Waals surface area contributed by atoms with Gasteiger partial charge < -0.3 is 15.4 Å². The highest BCUT2D eigenvalue weighted by atomic mass is 19.1. The van der Waals surface area contributed by atoms with Crippen LogP contribution in [0.3, 0.4) is 0 Å². The van der Waals surface area contributed by atoms with Gasteiger partial charge in [-0.05, 0) is 99.1 Å². The van der Waals surface area contributed by atoms with Crippen molar-refractivity contribution < 1.29 is 19.1 Å². The molecule has 0 saturated carbocycles. The van der Waals surface area contributed by atoms with Gasteiger partial charge in [0.1, 0.15) is 18.1 Å². The Morgan fingerprint density at radius 2 is 1.72 bits per heavy atom. The molecule has 3 heterocycles. The van der Waals surface area contributed by atoms with Crippen LogP contribution in [0.25, 0.3) is 17.0 Å². The number of carboxylic acids is 1. The number of allylic oxidation sites excluding steroid dienone is 1. The second kappa shape index (κ2) is 12.6. The predicted molar refractivity (Wildman–Crippen MR) is 140 cm³/mol. The van der Waals surface area contributed by atoms with E-state index in [0.717, 1.165) is 57.4 Å². The Morgan fingerprint density at radius 3 is 2.39 bits per heavy atom. The Morgan fingerprint density at radius 1 is 1.03 bits per heavy atom. The summed E-state index contributed by atoms with van der Waals surface area (Å²) in [6.07, 6.45) is 9.83. The highest BCUT2D eigenvalue weighted by Crippen LogP contribution is 2.35. The molecule has 36 heavy (non-hydrogen) atoms. The zero-order chi connectivity index (χ0) is 25.3. The molecule has 2 aromatic carbocycles. The Kier molecular flexibility index (Phi) is 9.03. The third-order valence-electron chi connectivity index (χ3n) is 7.30. The minimum absolute atomic E-state index is 0.270. The van der Waals surface area contributed by atoms with Crippen LogP contribution < -0.4 is 5.32 Å². The lowest BCUT2D eigenvalue weighted by Crippen LogP contribution is -2.51. The number of carbonyl (C=O) groups excluding carboxylic acids is 1. The number of piperidine rings is 2. The van der Waals surface area contributed by atoms with Crippen LogP contribution in [0.15, 0.2) is 60.8 Å². The van der Waals surface area contributed by atoms with Crippen LogP contribution in [0.4, 0.5) is 4.39 Å². The molecule has 2 aliphatic heterocycles. The van der Waals surface area contributed by atoms with Crippen LogP contribution in [0, 0.1) is 11.7 Å². The average Bonchev–Trinajstić information content (AvgIpc) is 3.34. The Bertz CT molecular complexity index is 1160. The van der Waals surface area contributed by atoms with Gasteiger partial charge in [-0.15, -0.1) is 0 Å². The molecule has 0 spiro atoms. The van der Waals surface area contributed by atoms with Crippen molar-refractivity contribution in [2.24, 2.45) is 5.92 Å². The number of rotatable bonds is 6. The van der Waals surface area contributed by atoms with Crippen molar-refractivity contribution in [3.8, 4) is 0 Å². The number of halogens is 1. The number of H-pyrrole nitrogens is 1. The fraction of sp³-hybridized carbons (Fsp3) is 0.379. The second-order valence-electron chi connectivity index (χ2n) is 9.52. The van der Waals surface area contributed by atoms with Gasteiger partial charge in [0.25, 0.3) is 0 Å². The van der Waals surface area contributed by atoms with Crippen LogP contribution in [-0.2, 0) is 9.59 Å². The first kappa shape index (κ1) is 25.8. The summed E-state index contributed by atoms with van der Waals surface area (Å²) in [6.45, 7) is 3.65. The molecule has 6 nitrogen and oxygen atoms in total. The number of likely N-dealkylation sites (tertiary alicyclic amines) is 1. The molecule has 7 heteroatoms. The molecule has 0 amide bonds. The number of hydrogen-bond acceptors (Lipinski definition) is 4. The lowest BCUT2D eigenvalue weighted by atomic mass is 9.85. The number of aliphatic carboxylic acids is 1. The van der Waals surface area contributed by atoms with Crippen molar-refractivity contribution in [2.75, 3.05) is 26.2 Å². The molecule has 0 bridgehead atoms. The highest BCUT2D eigenvalue weighted by molar-refractivity contribution is 5.83. The Balaban J connectivity index is 0.000000233. The van der Waals surface area contributed by atoms with Crippen LogP contribution in [-0.4, -0.2) is 59.5 Å². The van der Waals surface area contributed by atoms with Crippen LogP contribution >= 0.6 is 0 Å². The SMILES string of the molecule is O=C(O)C(C1CCNCC1)N1CCC(c2c[nH]c3ccccc23)CC1.O=C/C=C/c1ccc(F)cc1. The molecule has 2 fully saturated rings. The minimum Gasteiger partial charge on any atom is -0.480 e. The quantitative estimate of drug-likeness (QED) is 0.340. The van der Waals surface area contributed by atoms with Crippen LogP contribution in [0.2, 0.25) is 0 Å². The number of nitrogens with zero attached hydrogens (tertiary/aromatic N) is 1. The molecule has 1 unspecified atom stereocenters.